The van der Waals surface area contributed by atoms with Gasteiger partial charge < -0.3 is 20.1 Å². The molecule has 1 aromatic carbocycles. The van der Waals surface area contributed by atoms with E-state index >= 15 is 0 Å². The highest BCUT2D eigenvalue weighted by Gasteiger charge is 2.22. The maximum Gasteiger partial charge on any atom is 0.254 e. The number of anilines is 1. The molecule has 1 saturated heterocycles. The fourth-order valence-electron chi connectivity index (χ4n) is 1.87. The van der Waals surface area contributed by atoms with Crippen LogP contribution in [-0.2, 0) is 9.53 Å². The van der Waals surface area contributed by atoms with Crippen molar-refractivity contribution in [1.82, 2.24) is 5.32 Å². The molecule has 5 heteroatoms. The van der Waals surface area contributed by atoms with Crippen LogP contribution in [0.15, 0.2) is 24.3 Å². The molecule has 5 nitrogen and oxygen atoms in total. The van der Waals surface area contributed by atoms with Gasteiger partial charge in [0.25, 0.3) is 5.91 Å². The van der Waals surface area contributed by atoms with Gasteiger partial charge in [-0.25, -0.2) is 0 Å². The Morgan fingerprint density at radius 3 is 2.95 bits per heavy atom. The molecule has 1 heterocycles. The third-order valence-electron chi connectivity index (χ3n) is 2.73. The monoisotopic (exact) mass is 264 g/mol. The van der Waals surface area contributed by atoms with Gasteiger partial charge in [-0.05, 0) is 26.0 Å². The molecule has 0 aliphatic carbocycles. The van der Waals surface area contributed by atoms with Gasteiger partial charge in [0.05, 0.1) is 18.4 Å². The fraction of sp³-hybridized carbons (Fsp3) is 0.500. The second-order valence-electron chi connectivity index (χ2n) is 4.72. The predicted octanol–water partition coefficient (Wildman–Crippen LogP) is 1.40. The second-order valence-corrected chi connectivity index (χ2v) is 4.72. The smallest absolute Gasteiger partial charge is 0.254 e. The van der Waals surface area contributed by atoms with Crippen LogP contribution in [0.5, 0.6) is 5.75 Å². The molecule has 2 N–H and O–H groups in total. The van der Waals surface area contributed by atoms with Crippen LogP contribution in [0.4, 0.5) is 5.69 Å². The minimum atomic E-state index is -0.444. The molecule has 1 aromatic rings. The molecule has 1 amide bonds. The number of hydrogen-bond acceptors (Lipinski definition) is 4. The molecule has 1 atom stereocenters. The Hall–Kier alpha value is -1.59. The van der Waals surface area contributed by atoms with Gasteiger partial charge in [-0.2, -0.15) is 0 Å². The normalized spacial score (nSPS) is 19.2. The van der Waals surface area contributed by atoms with Crippen LogP contribution in [0.25, 0.3) is 0 Å². The van der Waals surface area contributed by atoms with Crippen molar-refractivity contribution >= 4 is 11.6 Å². The highest BCUT2D eigenvalue weighted by atomic mass is 16.5. The first-order valence-electron chi connectivity index (χ1n) is 6.55. The van der Waals surface area contributed by atoms with Crippen molar-refractivity contribution in [2.45, 2.75) is 26.1 Å². The lowest BCUT2D eigenvalue weighted by molar-refractivity contribution is -0.128. The van der Waals surface area contributed by atoms with E-state index in [2.05, 4.69) is 10.6 Å². The maximum atomic E-state index is 12.1. The highest BCUT2D eigenvalue weighted by molar-refractivity contribution is 5.95. The van der Waals surface area contributed by atoms with Crippen LogP contribution < -0.4 is 15.4 Å². The Kier molecular flexibility index (Phi) is 4.76. The van der Waals surface area contributed by atoms with Crippen molar-refractivity contribution in [3.8, 4) is 5.75 Å². The first-order chi connectivity index (χ1) is 9.16. The van der Waals surface area contributed by atoms with Crippen molar-refractivity contribution in [3.63, 3.8) is 0 Å². The SMILES string of the molecule is CC(C)Oc1ccccc1NC(=O)C1CNCCO1. The highest BCUT2D eigenvalue weighted by Crippen LogP contribution is 2.25. The summed E-state index contributed by atoms with van der Waals surface area (Å²) in [6.07, 6.45) is -0.383. The summed E-state index contributed by atoms with van der Waals surface area (Å²) in [5.74, 6) is 0.529. The number of benzene rings is 1. The van der Waals surface area contributed by atoms with Crippen LogP contribution in [-0.4, -0.2) is 37.8 Å². The number of para-hydroxylation sites is 2. The van der Waals surface area contributed by atoms with Crippen molar-refractivity contribution in [1.29, 1.82) is 0 Å². The van der Waals surface area contributed by atoms with E-state index in [1.54, 1.807) is 0 Å². The molecule has 0 radical (unpaired) electrons. The lowest BCUT2D eigenvalue weighted by Gasteiger charge is -2.23. The van der Waals surface area contributed by atoms with E-state index in [1.807, 2.05) is 38.1 Å². The molecule has 2 rings (SSSR count). The van der Waals surface area contributed by atoms with Crippen molar-refractivity contribution in [2.75, 3.05) is 25.0 Å². The molecule has 0 bridgehead atoms. The molecular weight excluding hydrogens is 244 g/mol. The van der Waals surface area contributed by atoms with Crippen LogP contribution in [0, 0.1) is 0 Å². The van der Waals surface area contributed by atoms with Crippen LogP contribution in [0.2, 0.25) is 0 Å². The molecule has 1 unspecified atom stereocenters. The van der Waals surface area contributed by atoms with Crippen molar-refractivity contribution in [3.05, 3.63) is 24.3 Å². The number of carbonyl (C=O) groups excluding carboxylic acids is 1. The van der Waals surface area contributed by atoms with Crippen LogP contribution >= 0.6 is 0 Å². The summed E-state index contributed by atoms with van der Waals surface area (Å²) in [6.45, 7) is 5.79. The number of amides is 1. The van der Waals surface area contributed by atoms with E-state index in [9.17, 15) is 4.79 Å². The summed E-state index contributed by atoms with van der Waals surface area (Å²) in [6, 6.07) is 7.41. The van der Waals surface area contributed by atoms with Gasteiger partial charge in [0.15, 0.2) is 0 Å². The van der Waals surface area contributed by atoms with Gasteiger partial charge in [0, 0.05) is 13.1 Å². The van der Waals surface area contributed by atoms with Gasteiger partial charge in [-0.15, -0.1) is 0 Å². The Balaban J connectivity index is 2.03. The van der Waals surface area contributed by atoms with E-state index < -0.39 is 6.10 Å². The number of hydrogen-bond donors (Lipinski definition) is 2. The number of nitrogens with one attached hydrogen (secondary N) is 2. The van der Waals surface area contributed by atoms with E-state index in [0.717, 1.165) is 6.54 Å². The molecule has 0 saturated carbocycles. The number of morpholine rings is 1. The number of rotatable bonds is 4. The zero-order valence-corrected chi connectivity index (χ0v) is 11.3. The average Bonchev–Trinajstić information content (AvgIpc) is 2.41. The standard InChI is InChI=1S/C14H20N2O3/c1-10(2)19-12-6-4-3-5-11(12)16-14(17)13-9-15-7-8-18-13/h3-6,10,13,15H,7-9H2,1-2H3,(H,16,17). The first-order valence-corrected chi connectivity index (χ1v) is 6.55. The van der Waals surface area contributed by atoms with Crippen molar-refractivity contribution < 1.29 is 14.3 Å². The lowest BCUT2D eigenvalue weighted by Crippen LogP contribution is -2.45. The number of carbonyl (C=O) groups is 1. The molecule has 0 spiro atoms. The largest absolute Gasteiger partial charge is 0.489 e. The molecule has 1 aliphatic rings. The molecule has 19 heavy (non-hydrogen) atoms. The Morgan fingerprint density at radius 1 is 1.47 bits per heavy atom. The van der Waals surface area contributed by atoms with E-state index in [4.69, 9.17) is 9.47 Å². The van der Waals surface area contributed by atoms with Crippen LogP contribution in [0.3, 0.4) is 0 Å². The topological polar surface area (TPSA) is 59.6 Å². The Labute approximate surface area is 113 Å². The quantitative estimate of drug-likeness (QED) is 0.863. The summed E-state index contributed by atoms with van der Waals surface area (Å²) in [5.41, 5.74) is 0.676. The number of ether oxygens (including phenoxy) is 2. The fourth-order valence-corrected chi connectivity index (χ4v) is 1.87. The minimum absolute atomic E-state index is 0.0608. The summed E-state index contributed by atoms with van der Waals surface area (Å²) in [5, 5.41) is 5.99. The first kappa shape index (κ1) is 13.8. The maximum absolute atomic E-state index is 12.1. The minimum Gasteiger partial charge on any atom is -0.489 e. The third kappa shape index (κ3) is 3.94. The second kappa shape index (κ2) is 6.54. The van der Waals surface area contributed by atoms with E-state index in [0.29, 0.717) is 24.6 Å². The average molecular weight is 264 g/mol. The van der Waals surface area contributed by atoms with E-state index in [-0.39, 0.29) is 12.0 Å². The van der Waals surface area contributed by atoms with Crippen molar-refractivity contribution in [2.24, 2.45) is 0 Å². The zero-order valence-electron chi connectivity index (χ0n) is 11.3. The van der Waals surface area contributed by atoms with Gasteiger partial charge in [0.1, 0.15) is 11.9 Å². The summed E-state index contributed by atoms with van der Waals surface area (Å²) < 4.78 is 11.1. The van der Waals surface area contributed by atoms with Gasteiger partial charge in [-0.3, -0.25) is 4.79 Å². The lowest BCUT2D eigenvalue weighted by atomic mass is 10.2. The van der Waals surface area contributed by atoms with Gasteiger partial charge in [0.2, 0.25) is 0 Å². The molecule has 0 aromatic heterocycles. The molecule has 1 aliphatic heterocycles. The molecular formula is C14H20N2O3. The Bertz CT molecular complexity index is 428. The van der Waals surface area contributed by atoms with E-state index in [1.165, 1.54) is 0 Å². The molecule has 104 valence electrons. The van der Waals surface area contributed by atoms with Gasteiger partial charge in [-0.1, -0.05) is 12.1 Å². The predicted molar refractivity (Wildman–Crippen MR) is 73.4 cm³/mol. The summed E-state index contributed by atoms with van der Waals surface area (Å²) in [4.78, 5) is 12.1. The van der Waals surface area contributed by atoms with Crippen LogP contribution in [0.1, 0.15) is 13.8 Å². The molecule has 1 fully saturated rings. The third-order valence-corrected chi connectivity index (χ3v) is 2.73. The summed E-state index contributed by atoms with van der Waals surface area (Å²) >= 11 is 0. The zero-order chi connectivity index (χ0) is 13.7. The van der Waals surface area contributed by atoms with Gasteiger partial charge >= 0.3 is 0 Å². The Morgan fingerprint density at radius 2 is 2.26 bits per heavy atom. The summed E-state index contributed by atoms with van der Waals surface area (Å²) in [7, 11) is 0.